The van der Waals surface area contributed by atoms with Crippen molar-refractivity contribution in [3.63, 3.8) is 0 Å². The summed E-state index contributed by atoms with van der Waals surface area (Å²) in [5.74, 6) is 0.0649. The van der Waals surface area contributed by atoms with Crippen LogP contribution < -0.4 is 10.1 Å². The van der Waals surface area contributed by atoms with Gasteiger partial charge in [0.2, 0.25) is 5.91 Å². The fraction of sp³-hybridized carbons (Fsp3) is 0.304. The summed E-state index contributed by atoms with van der Waals surface area (Å²) in [5, 5.41) is 6.71. The van der Waals surface area contributed by atoms with Gasteiger partial charge in [-0.25, -0.2) is 8.42 Å². The molecule has 8 heteroatoms. The molecule has 0 saturated carbocycles. The van der Waals surface area contributed by atoms with Crippen LogP contribution >= 0.6 is 0 Å². The summed E-state index contributed by atoms with van der Waals surface area (Å²) in [7, 11) is -2.36. The molecule has 3 aromatic rings. The van der Waals surface area contributed by atoms with E-state index in [1.165, 1.54) is 13.2 Å². The van der Waals surface area contributed by atoms with Gasteiger partial charge >= 0.3 is 0 Å². The maximum atomic E-state index is 13.0. The minimum absolute atomic E-state index is 0.0210. The van der Waals surface area contributed by atoms with Gasteiger partial charge in [-0.3, -0.25) is 4.79 Å². The van der Waals surface area contributed by atoms with Crippen LogP contribution in [0.15, 0.2) is 51.9 Å². The lowest BCUT2D eigenvalue weighted by atomic mass is 10.1. The monoisotopic (exact) mass is 442 g/mol. The highest BCUT2D eigenvalue weighted by atomic mass is 32.2. The van der Waals surface area contributed by atoms with Crippen LogP contribution in [0.2, 0.25) is 0 Å². The molecule has 0 aliphatic rings. The Kier molecular flexibility index (Phi) is 6.80. The third-order valence-corrected chi connectivity index (χ3v) is 6.98. The van der Waals surface area contributed by atoms with Gasteiger partial charge < -0.3 is 14.6 Å². The molecule has 1 heterocycles. The number of sulfone groups is 1. The van der Waals surface area contributed by atoms with Crippen LogP contribution in [0, 0.1) is 20.8 Å². The molecule has 1 aromatic heterocycles. The van der Waals surface area contributed by atoms with Crippen LogP contribution in [-0.2, 0) is 21.2 Å². The molecule has 1 N–H and O–H groups in total. The van der Waals surface area contributed by atoms with Gasteiger partial charge in [-0.15, -0.1) is 0 Å². The quantitative estimate of drug-likeness (QED) is 0.570. The minimum Gasteiger partial charge on any atom is -0.495 e. The highest BCUT2D eigenvalue weighted by Gasteiger charge is 2.23. The van der Waals surface area contributed by atoms with E-state index in [0.29, 0.717) is 17.9 Å². The summed E-state index contributed by atoms with van der Waals surface area (Å²) >= 11 is 0. The standard InChI is InChI=1S/C23H26N2O5S/c1-15-7-5-6-8-19(15)14-24-22(26)11-12-31(27,28)21-13-18(9-10-20(21)29-4)23-16(2)17(3)25-30-23/h5-10,13H,11-12,14H2,1-4H3,(H,24,26). The number of carbonyl (C=O) groups is 1. The Morgan fingerprint density at radius 2 is 1.87 bits per heavy atom. The molecule has 1 amide bonds. The first-order chi connectivity index (χ1) is 14.7. The van der Waals surface area contributed by atoms with Crippen molar-refractivity contribution in [2.75, 3.05) is 12.9 Å². The number of methoxy groups -OCH3 is 1. The van der Waals surface area contributed by atoms with Crippen molar-refractivity contribution in [2.45, 2.75) is 38.6 Å². The lowest BCUT2D eigenvalue weighted by Gasteiger charge is -2.12. The Bertz CT molecular complexity index is 1200. The molecule has 0 fully saturated rings. The smallest absolute Gasteiger partial charge is 0.221 e. The van der Waals surface area contributed by atoms with Crippen molar-refractivity contribution in [1.29, 1.82) is 0 Å². The second-order valence-electron chi connectivity index (χ2n) is 7.36. The Labute approximate surface area is 182 Å². The first-order valence-corrected chi connectivity index (χ1v) is 11.5. The maximum absolute atomic E-state index is 13.0. The number of aryl methyl sites for hydroxylation is 2. The second kappa shape index (κ2) is 9.34. The zero-order valence-corrected chi connectivity index (χ0v) is 18.9. The minimum atomic E-state index is -3.77. The summed E-state index contributed by atoms with van der Waals surface area (Å²) in [6.07, 6.45) is -0.151. The third kappa shape index (κ3) is 5.14. The summed E-state index contributed by atoms with van der Waals surface area (Å²) in [5.41, 5.74) is 4.21. The first-order valence-electron chi connectivity index (χ1n) is 9.88. The van der Waals surface area contributed by atoms with Gasteiger partial charge in [0, 0.05) is 24.1 Å². The molecule has 0 radical (unpaired) electrons. The number of ether oxygens (including phenoxy) is 1. The molecule has 0 spiro atoms. The van der Waals surface area contributed by atoms with Gasteiger partial charge in [0.15, 0.2) is 15.6 Å². The summed E-state index contributed by atoms with van der Waals surface area (Å²) in [6, 6.07) is 12.5. The van der Waals surface area contributed by atoms with E-state index in [1.54, 1.807) is 12.1 Å². The van der Waals surface area contributed by atoms with Crippen molar-refractivity contribution in [3.05, 3.63) is 64.8 Å². The highest BCUT2D eigenvalue weighted by molar-refractivity contribution is 7.91. The molecule has 0 aliphatic carbocycles. The van der Waals surface area contributed by atoms with E-state index in [9.17, 15) is 13.2 Å². The van der Waals surface area contributed by atoms with E-state index >= 15 is 0 Å². The molecule has 0 saturated heterocycles. The third-order valence-electron chi connectivity index (χ3n) is 5.25. The predicted molar refractivity (Wildman–Crippen MR) is 118 cm³/mol. The molecular formula is C23H26N2O5S. The lowest BCUT2D eigenvalue weighted by molar-refractivity contribution is -0.120. The van der Waals surface area contributed by atoms with Gasteiger partial charge in [-0.05, 0) is 50.1 Å². The number of benzene rings is 2. The predicted octanol–water partition coefficient (Wildman–Crippen LogP) is 3.76. The van der Waals surface area contributed by atoms with Crippen molar-refractivity contribution >= 4 is 15.7 Å². The van der Waals surface area contributed by atoms with Crippen molar-refractivity contribution in [1.82, 2.24) is 10.5 Å². The second-order valence-corrected chi connectivity index (χ2v) is 9.44. The van der Waals surface area contributed by atoms with Crippen LogP contribution in [0.3, 0.4) is 0 Å². The fourth-order valence-corrected chi connectivity index (χ4v) is 4.61. The normalized spacial score (nSPS) is 11.4. The fourth-order valence-electron chi connectivity index (χ4n) is 3.17. The average Bonchev–Trinajstić information content (AvgIpc) is 3.09. The molecule has 3 rings (SSSR count). The van der Waals surface area contributed by atoms with Gasteiger partial charge in [-0.1, -0.05) is 29.4 Å². The number of nitrogens with one attached hydrogen (secondary N) is 1. The molecule has 2 aromatic carbocycles. The zero-order chi connectivity index (χ0) is 22.6. The summed E-state index contributed by atoms with van der Waals surface area (Å²) in [6.45, 7) is 5.99. The zero-order valence-electron chi connectivity index (χ0n) is 18.1. The van der Waals surface area contributed by atoms with E-state index in [4.69, 9.17) is 9.26 Å². The molecule has 0 atom stereocenters. The van der Waals surface area contributed by atoms with Crippen LogP contribution in [0.5, 0.6) is 5.75 Å². The number of carbonyl (C=O) groups excluding carboxylic acids is 1. The van der Waals surface area contributed by atoms with Crippen molar-refractivity contribution in [3.8, 4) is 17.1 Å². The number of hydrogen-bond donors (Lipinski definition) is 1. The average molecular weight is 443 g/mol. The summed E-state index contributed by atoms with van der Waals surface area (Å²) < 4.78 is 36.6. The molecule has 0 aliphatic heterocycles. The van der Waals surface area contributed by atoms with Gasteiger partial charge in [-0.2, -0.15) is 0 Å². The molecule has 0 unspecified atom stereocenters. The van der Waals surface area contributed by atoms with Gasteiger partial charge in [0.05, 0.1) is 18.6 Å². The number of amides is 1. The Morgan fingerprint density at radius 3 is 2.52 bits per heavy atom. The van der Waals surface area contributed by atoms with Crippen LogP contribution in [0.25, 0.3) is 11.3 Å². The van der Waals surface area contributed by atoms with E-state index in [-0.39, 0.29) is 28.7 Å². The Morgan fingerprint density at radius 1 is 1.13 bits per heavy atom. The Hall–Kier alpha value is -3.13. The van der Waals surface area contributed by atoms with Crippen LogP contribution in [0.4, 0.5) is 0 Å². The number of rotatable bonds is 8. The lowest BCUT2D eigenvalue weighted by Crippen LogP contribution is -2.25. The molecule has 164 valence electrons. The molecule has 31 heavy (non-hydrogen) atoms. The van der Waals surface area contributed by atoms with Crippen molar-refractivity contribution < 1.29 is 22.5 Å². The summed E-state index contributed by atoms with van der Waals surface area (Å²) in [4.78, 5) is 12.3. The van der Waals surface area contributed by atoms with Gasteiger partial charge in [0.1, 0.15) is 10.6 Å². The number of hydrogen-bond acceptors (Lipinski definition) is 6. The highest BCUT2D eigenvalue weighted by Crippen LogP contribution is 2.33. The van der Waals surface area contributed by atoms with E-state index in [1.807, 2.05) is 45.0 Å². The van der Waals surface area contributed by atoms with Crippen LogP contribution in [0.1, 0.15) is 28.8 Å². The van der Waals surface area contributed by atoms with E-state index in [2.05, 4.69) is 10.5 Å². The van der Waals surface area contributed by atoms with Gasteiger partial charge in [0.25, 0.3) is 0 Å². The number of aromatic nitrogens is 1. The first kappa shape index (κ1) is 22.6. The molecule has 7 nitrogen and oxygen atoms in total. The topological polar surface area (TPSA) is 98.5 Å². The largest absolute Gasteiger partial charge is 0.495 e. The van der Waals surface area contributed by atoms with Crippen LogP contribution in [-0.4, -0.2) is 32.3 Å². The number of nitrogens with zero attached hydrogens (tertiary/aromatic N) is 1. The molecular weight excluding hydrogens is 416 g/mol. The van der Waals surface area contributed by atoms with Crippen molar-refractivity contribution in [2.24, 2.45) is 0 Å². The SMILES string of the molecule is COc1ccc(-c2onc(C)c2C)cc1S(=O)(=O)CCC(=O)NCc1ccccc1C. The van der Waals surface area contributed by atoms with E-state index < -0.39 is 9.84 Å². The maximum Gasteiger partial charge on any atom is 0.221 e. The molecule has 0 bridgehead atoms. The Balaban J connectivity index is 1.74. The van der Waals surface area contributed by atoms with E-state index in [0.717, 1.165) is 22.4 Å².